The van der Waals surface area contributed by atoms with Gasteiger partial charge < -0.3 is 14.0 Å². The molecule has 144 valence electrons. The minimum atomic E-state index is -3.93. The quantitative estimate of drug-likeness (QED) is 0.633. The zero-order chi connectivity index (χ0) is 19.8. The predicted molar refractivity (Wildman–Crippen MR) is 102 cm³/mol. The van der Waals surface area contributed by atoms with E-state index in [-0.39, 0.29) is 21.4 Å². The van der Waals surface area contributed by atoms with Gasteiger partial charge in [-0.05, 0) is 13.0 Å². The molecule has 0 aliphatic heterocycles. The summed E-state index contributed by atoms with van der Waals surface area (Å²) >= 11 is 7.46. The number of methoxy groups -OCH3 is 2. The van der Waals surface area contributed by atoms with E-state index < -0.39 is 10.0 Å². The van der Waals surface area contributed by atoms with Gasteiger partial charge in [0, 0.05) is 23.9 Å². The van der Waals surface area contributed by atoms with E-state index in [1.54, 1.807) is 13.8 Å². The molecule has 0 fully saturated rings. The number of hydrogen-bond donors (Lipinski definition) is 1. The van der Waals surface area contributed by atoms with Crippen LogP contribution in [0, 0.1) is 13.8 Å². The predicted octanol–water partition coefficient (Wildman–Crippen LogP) is 3.89. The third-order valence-electron chi connectivity index (χ3n) is 3.63. The highest BCUT2D eigenvalue weighted by Crippen LogP contribution is 2.39. The molecule has 0 aliphatic rings. The Balaban J connectivity index is 2.00. The van der Waals surface area contributed by atoms with E-state index >= 15 is 0 Å². The Kier molecular flexibility index (Phi) is 5.31. The minimum absolute atomic E-state index is 0.0962. The number of aryl methyl sites for hydroxylation is 2. The molecule has 3 aromatic rings. The van der Waals surface area contributed by atoms with Gasteiger partial charge >= 0.3 is 0 Å². The Bertz CT molecular complexity index is 1090. The Morgan fingerprint density at radius 1 is 1.19 bits per heavy atom. The van der Waals surface area contributed by atoms with Crippen molar-refractivity contribution in [2.45, 2.75) is 18.7 Å². The largest absolute Gasteiger partial charge is 0.497 e. The van der Waals surface area contributed by atoms with Gasteiger partial charge in [0.15, 0.2) is 0 Å². The van der Waals surface area contributed by atoms with Gasteiger partial charge in [-0.15, -0.1) is 11.3 Å². The maximum absolute atomic E-state index is 12.9. The number of nitrogens with zero attached hydrogens (tertiary/aromatic N) is 2. The molecule has 1 N–H and O–H groups in total. The van der Waals surface area contributed by atoms with Gasteiger partial charge in [0.25, 0.3) is 10.0 Å². The molecule has 11 heteroatoms. The van der Waals surface area contributed by atoms with Gasteiger partial charge in [-0.2, -0.15) is 4.98 Å². The van der Waals surface area contributed by atoms with E-state index in [4.69, 9.17) is 25.6 Å². The second kappa shape index (κ2) is 7.37. The molecule has 0 spiro atoms. The van der Waals surface area contributed by atoms with E-state index in [1.807, 2.05) is 0 Å². The van der Waals surface area contributed by atoms with Crippen LogP contribution >= 0.6 is 22.9 Å². The highest BCUT2D eigenvalue weighted by molar-refractivity contribution is 7.93. The maximum atomic E-state index is 12.9. The fraction of sp³-hybridized carbons (Fsp3) is 0.250. The first-order chi connectivity index (χ1) is 12.7. The molecule has 0 saturated heterocycles. The van der Waals surface area contributed by atoms with Crippen LogP contribution in [-0.2, 0) is 10.0 Å². The van der Waals surface area contributed by atoms with Gasteiger partial charge in [-0.25, -0.2) is 8.42 Å². The second-order valence-corrected chi connectivity index (χ2v) is 8.77. The first-order valence-electron chi connectivity index (χ1n) is 7.60. The van der Waals surface area contributed by atoms with Crippen molar-refractivity contribution in [3.05, 3.63) is 34.0 Å². The van der Waals surface area contributed by atoms with E-state index in [0.717, 1.165) is 0 Å². The SMILES string of the molecule is COc1cc(Cl)c(NS(=O)(=O)c2cc(-c3noc(C)n3)sc2C)c(OC)c1. The topological polar surface area (TPSA) is 104 Å². The lowest BCUT2D eigenvalue weighted by molar-refractivity contribution is 0.394. The number of rotatable bonds is 6. The zero-order valence-corrected chi connectivity index (χ0v) is 17.3. The Hall–Kier alpha value is -2.30. The van der Waals surface area contributed by atoms with Crippen LogP contribution in [0.15, 0.2) is 27.6 Å². The average molecular weight is 430 g/mol. The van der Waals surface area contributed by atoms with Crippen LogP contribution in [0.5, 0.6) is 11.5 Å². The Labute approximate surface area is 165 Å². The highest BCUT2D eigenvalue weighted by atomic mass is 35.5. The number of anilines is 1. The third-order valence-corrected chi connectivity index (χ3v) is 6.58. The first-order valence-corrected chi connectivity index (χ1v) is 10.3. The minimum Gasteiger partial charge on any atom is -0.497 e. The molecule has 0 bridgehead atoms. The van der Waals surface area contributed by atoms with Crippen molar-refractivity contribution >= 4 is 38.6 Å². The molecule has 0 unspecified atom stereocenters. The average Bonchev–Trinajstić information content (AvgIpc) is 3.22. The van der Waals surface area contributed by atoms with Crippen LogP contribution in [0.3, 0.4) is 0 Å². The molecule has 3 rings (SSSR count). The fourth-order valence-corrected chi connectivity index (χ4v) is 5.28. The lowest BCUT2D eigenvalue weighted by Gasteiger charge is -2.14. The molecule has 0 amide bonds. The summed E-state index contributed by atoms with van der Waals surface area (Å²) in [5, 5.41) is 3.97. The Morgan fingerprint density at radius 2 is 1.93 bits per heavy atom. The molecule has 2 aromatic heterocycles. The van der Waals surface area contributed by atoms with E-state index in [1.165, 1.54) is 43.8 Å². The molecule has 0 atom stereocenters. The van der Waals surface area contributed by atoms with E-state index in [9.17, 15) is 8.42 Å². The van der Waals surface area contributed by atoms with Gasteiger partial charge in [0.05, 0.1) is 24.1 Å². The monoisotopic (exact) mass is 429 g/mol. The second-order valence-electron chi connectivity index (χ2n) is 5.46. The summed E-state index contributed by atoms with van der Waals surface area (Å²) in [6.07, 6.45) is 0. The standard InChI is InChI=1S/C16H16ClN3O5S2/c1-8-14(7-13(26-8)16-18-9(2)25-19-16)27(21,22)20-15-11(17)5-10(23-3)6-12(15)24-4/h5-7,20H,1-4H3. The number of ether oxygens (including phenoxy) is 2. The van der Waals surface area contributed by atoms with Crippen LogP contribution in [0.2, 0.25) is 5.02 Å². The number of aromatic nitrogens is 2. The smallest absolute Gasteiger partial charge is 0.263 e. The molecule has 1 aromatic carbocycles. The third kappa shape index (κ3) is 3.87. The van der Waals surface area contributed by atoms with Gasteiger partial charge in [0.1, 0.15) is 22.1 Å². The van der Waals surface area contributed by atoms with Crippen LogP contribution in [0.1, 0.15) is 10.8 Å². The summed E-state index contributed by atoms with van der Waals surface area (Å²) in [6, 6.07) is 4.53. The number of thiophene rings is 1. The summed E-state index contributed by atoms with van der Waals surface area (Å²) in [5.74, 6) is 1.42. The molecule has 27 heavy (non-hydrogen) atoms. The van der Waals surface area contributed by atoms with Crippen LogP contribution in [0.4, 0.5) is 5.69 Å². The number of nitrogens with one attached hydrogen (secondary N) is 1. The number of benzene rings is 1. The molecule has 2 heterocycles. The van der Waals surface area contributed by atoms with Gasteiger partial charge in [-0.3, -0.25) is 4.72 Å². The number of hydrogen-bond acceptors (Lipinski definition) is 8. The Morgan fingerprint density at radius 3 is 2.52 bits per heavy atom. The van der Waals surface area contributed by atoms with Crippen molar-refractivity contribution in [1.29, 1.82) is 0 Å². The van der Waals surface area contributed by atoms with Crippen molar-refractivity contribution in [2.75, 3.05) is 18.9 Å². The lowest BCUT2D eigenvalue weighted by Crippen LogP contribution is -2.14. The fourth-order valence-electron chi connectivity index (χ4n) is 2.37. The van der Waals surface area contributed by atoms with Crippen molar-refractivity contribution < 1.29 is 22.4 Å². The molecular weight excluding hydrogens is 414 g/mol. The van der Waals surface area contributed by atoms with Crippen molar-refractivity contribution in [3.63, 3.8) is 0 Å². The molecule has 0 aliphatic carbocycles. The summed E-state index contributed by atoms with van der Waals surface area (Å²) in [6.45, 7) is 3.36. The molecule has 0 saturated carbocycles. The highest BCUT2D eigenvalue weighted by Gasteiger charge is 2.25. The molecule has 0 radical (unpaired) electrons. The van der Waals surface area contributed by atoms with Crippen molar-refractivity contribution in [3.8, 4) is 22.2 Å². The van der Waals surface area contributed by atoms with Gasteiger partial charge in [-0.1, -0.05) is 16.8 Å². The summed E-state index contributed by atoms with van der Waals surface area (Å²) < 4.78 is 43.7. The van der Waals surface area contributed by atoms with Crippen LogP contribution in [-0.4, -0.2) is 32.8 Å². The summed E-state index contributed by atoms with van der Waals surface area (Å²) in [5.41, 5.74) is 0.127. The summed E-state index contributed by atoms with van der Waals surface area (Å²) in [7, 11) is -1.04. The van der Waals surface area contributed by atoms with Gasteiger partial charge in [0.2, 0.25) is 11.7 Å². The zero-order valence-electron chi connectivity index (χ0n) is 14.9. The molecule has 8 nitrogen and oxygen atoms in total. The van der Waals surface area contributed by atoms with Crippen molar-refractivity contribution in [1.82, 2.24) is 10.1 Å². The number of halogens is 1. The summed E-state index contributed by atoms with van der Waals surface area (Å²) in [4.78, 5) is 5.37. The number of sulfonamides is 1. The van der Waals surface area contributed by atoms with Crippen LogP contribution in [0.25, 0.3) is 10.7 Å². The van der Waals surface area contributed by atoms with Crippen LogP contribution < -0.4 is 14.2 Å². The van der Waals surface area contributed by atoms with Crippen molar-refractivity contribution in [2.24, 2.45) is 0 Å². The van der Waals surface area contributed by atoms with E-state index in [2.05, 4.69) is 14.9 Å². The normalized spacial score (nSPS) is 11.4. The first kappa shape index (κ1) is 19.5. The van der Waals surface area contributed by atoms with E-state index in [0.29, 0.717) is 27.2 Å². The maximum Gasteiger partial charge on any atom is 0.263 e. The lowest BCUT2D eigenvalue weighted by atomic mass is 10.3. The molecular formula is C16H16ClN3O5S2.